The Morgan fingerprint density at radius 2 is 2.16 bits per heavy atom. The Hall–Kier alpha value is -1.37. The molecule has 1 amide bonds. The van der Waals surface area contributed by atoms with Crippen LogP contribution in [0.3, 0.4) is 0 Å². The van der Waals surface area contributed by atoms with Gasteiger partial charge >= 0.3 is 0 Å². The fourth-order valence-electron chi connectivity index (χ4n) is 1.50. The van der Waals surface area contributed by atoms with Crippen molar-refractivity contribution in [2.45, 2.75) is 27.3 Å². The van der Waals surface area contributed by atoms with Crippen molar-refractivity contribution < 1.29 is 4.79 Å². The second-order valence-corrected chi connectivity index (χ2v) is 5.46. The third-order valence-electron chi connectivity index (χ3n) is 2.34. The molecule has 0 fully saturated rings. The molecule has 1 aromatic heterocycles. The van der Waals surface area contributed by atoms with E-state index in [2.05, 4.69) is 31.7 Å². The topological polar surface area (TPSA) is 76.0 Å². The van der Waals surface area contributed by atoms with Crippen LogP contribution in [-0.2, 0) is 11.3 Å². The molecular weight excluding hydrogens is 312 g/mol. The molecule has 0 saturated carbocycles. The average Bonchev–Trinajstić information content (AvgIpc) is 2.32. The lowest BCUT2D eigenvalue weighted by atomic mass is 10.2. The minimum absolute atomic E-state index is 0.0775. The van der Waals surface area contributed by atoms with E-state index in [4.69, 9.17) is 0 Å². The Kier molecular flexibility index (Phi) is 6.01. The smallest absolute Gasteiger partial charge is 0.283 e. The number of hydrogen-bond donors (Lipinski definition) is 2. The van der Waals surface area contributed by atoms with Gasteiger partial charge in [-0.1, -0.05) is 13.8 Å². The molecule has 0 saturated heterocycles. The highest BCUT2D eigenvalue weighted by Crippen LogP contribution is 2.15. The van der Waals surface area contributed by atoms with Gasteiger partial charge in [-0.25, -0.2) is 4.68 Å². The zero-order valence-electron chi connectivity index (χ0n) is 11.4. The van der Waals surface area contributed by atoms with Crippen LogP contribution in [0, 0.1) is 5.92 Å². The van der Waals surface area contributed by atoms with Gasteiger partial charge in [0.25, 0.3) is 5.56 Å². The lowest BCUT2D eigenvalue weighted by molar-refractivity contribution is -0.118. The van der Waals surface area contributed by atoms with Crippen molar-refractivity contribution in [3.8, 4) is 0 Å². The van der Waals surface area contributed by atoms with Gasteiger partial charge in [0, 0.05) is 26.6 Å². The number of rotatable bonds is 6. The average molecular weight is 331 g/mol. The van der Waals surface area contributed by atoms with Gasteiger partial charge in [0.05, 0.1) is 11.9 Å². The summed E-state index contributed by atoms with van der Waals surface area (Å²) in [5, 5.41) is 9.84. The summed E-state index contributed by atoms with van der Waals surface area (Å²) >= 11 is 3.28. The van der Waals surface area contributed by atoms with E-state index in [-0.39, 0.29) is 11.5 Å². The Bertz CT molecular complexity index is 499. The van der Waals surface area contributed by atoms with Crippen molar-refractivity contribution in [2.24, 2.45) is 5.92 Å². The quantitative estimate of drug-likeness (QED) is 0.769. The summed E-state index contributed by atoms with van der Waals surface area (Å²) in [5.74, 6) is 0.280. The number of aromatic nitrogens is 2. The highest BCUT2D eigenvalue weighted by Gasteiger charge is 2.09. The van der Waals surface area contributed by atoms with Gasteiger partial charge < -0.3 is 10.6 Å². The van der Waals surface area contributed by atoms with Gasteiger partial charge in [0.2, 0.25) is 5.91 Å². The number of hydrogen-bond acceptors (Lipinski definition) is 4. The van der Waals surface area contributed by atoms with E-state index in [0.717, 1.165) is 0 Å². The summed E-state index contributed by atoms with van der Waals surface area (Å²) in [7, 11) is 0. The fraction of sp³-hybridized carbons (Fsp3) is 0.583. The number of anilines is 1. The second kappa shape index (κ2) is 7.28. The first-order valence-corrected chi connectivity index (χ1v) is 6.95. The van der Waals surface area contributed by atoms with Crippen LogP contribution in [0.25, 0.3) is 0 Å². The number of amides is 1. The summed E-state index contributed by atoms with van der Waals surface area (Å²) < 4.78 is 1.90. The molecule has 0 aliphatic carbocycles. The largest absolute Gasteiger partial charge is 0.381 e. The molecule has 0 aliphatic heterocycles. The zero-order valence-corrected chi connectivity index (χ0v) is 13.0. The molecule has 1 heterocycles. The molecule has 0 bridgehead atoms. The minimum Gasteiger partial charge on any atom is -0.381 e. The maximum atomic E-state index is 12.0. The molecule has 6 nitrogen and oxygen atoms in total. The van der Waals surface area contributed by atoms with Crippen LogP contribution in [0.4, 0.5) is 5.69 Å². The summed E-state index contributed by atoms with van der Waals surface area (Å²) in [6.45, 7) is 7.14. The lowest BCUT2D eigenvalue weighted by Gasteiger charge is -2.11. The van der Waals surface area contributed by atoms with Crippen LogP contribution >= 0.6 is 15.9 Å². The van der Waals surface area contributed by atoms with Crippen LogP contribution in [0.2, 0.25) is 0 Å². The highest BCUT2D eigenvalue weighted by molar-refractivity contribution is 9.10. The molecule has 2 N–H and O–H groups in total. The Morgan fingerprint density at radius 3 is 2.74 bits per heavy atom. The first kappa shape index (κ1) is 15.7. The highest BCUT2D eigenvalue weighted by atomic mass is 79.9. The van der Waals surface area contributed by atoms with Gasteiger partial charge in [0.1, 0.15) is 4.47 Å². The van der Waals surface area contributed by atoms with E-state index >= 15 is 0 Å². The number of carbonyl (C=O) groups excluding carboxylic acids is 1. The molecule has 0 radical (unpaired) electrons. The van der Waals surface area contributed by atoms with Crippen molar-refractivity contribution in [3.05, 3.63) is 21.0 Å². The summed E-state index contributed by atoms with van der Waals surface area (Å²) in [6.07, 6.45) is 1.61. The van der Waals surface area contributed by atoms with Crippen LogP contribution in [0.1, 0.15) is 20.8 Å². The van der Waals surface area contributed by atoms with Crippen molar-refractivity contribution in [1.82, 2.24) is 15.1 Å². The molecular formula is C12H19BrN4O2. The van der Waals surface area contributed by atoms with E-state index in [9.17, 15) is 9.59 Å². The molecule has 106 valence electrons. The van der Waals surface area contributed by atoms with Gasteiger partial charge in [-0.15, -0.1) is 0 Å². The second-order valence-electron chi connectivity index (χ2n) is 4.66. The molecule has 7 heteroatoms. The summed E-state index contributed by atoms with van der Waals surface area (Å²) in [4.78, 5) is 22.7. The van der Waals surface area contributed by atoms with E-state index in [1.54, 1.807) is 6.20 Å². The molecule has 0 atom stereocenters. The Morgan fingerprint density at radius 1 is 1.47 bits per heavy atom. The van der Waals surface area contributed by atoms with Gasteiger partial charge in [-0.2, -0.15) is 5.10 Å². The molecule has 0 spiro atoms. The first-order valence-electron chi connectivity index (χ1n) is 6.15. The van der Waals surface area contributed by atoms with Gasteiger partial charge in [-0.3, -0.25) is 9.59 Å². The van der Waals surface area contributed by atoms with Crippen molar-refractivity contribution >= 4 is 27.5 Å². The van der Waals surface area contributed by atoms with Crippen molar-refractivity contribution in [1.29, 1.82) is 0 Å². The molecule has 0 unspecified atom stereocenters. The molecule has 19 heavy (non-hydrogen) atoms. The molecule has 1 aromatic rings. The van der Waals surface area contributed by atoms with Crippen LogP contribution in [0.15, 0.2) is 15.5 Å². The normalized spacial score (nSPS) is 10.6. The number of halogens is 1. The number of nitrogens with zero attached hydrogens (tertiary/aromatic N) is 2. The van der Waals surface area contributed by atoms with Gasteiger partial charge in [-0.05, 0) is 21.8 Å². The standard InChI is InChI=1S/C12H19BrN4O2/c1-8(2)7-17-12(19)11(13)10(6-16-17)15-5-4-14-9(3)18/h6,8,15H,4-5,7H2,1-3H3,(H,14,18). The van der Waals surface area contributed by atoms with E-state index < -0.39 is 0 Å². The van der Waals surface area contributed by atoms with Crippen LogP contribution in [0.5, 0.6) is 0 Å². The Balaban J connectivity index is 2.68. The third kappa shape index (κ3) is 5.02. The summed E-state index contributed by atoms with van der Waals surface area (Å²) in [6, 6.07) is 0. The van der Waals surface area contributed by atoms with E-state index in [1.807, 2.05) is 13.8 Å². The fourth-order valence-corrected chi connectivity index (χ4v) is 1.95. The van der Waals surface area contributed by atoms with Crippen LogP contribution < -0.4 is 16.2 Å². The first-order chi connectivity index (χ1) is 8.91. The molecule has 0 aliphatic rings. The molecule has 0 aromatic carbocycles. The maximum absolute atomic E-state index is 12.0. The Labute approximate surface area is 120 Å². The summed E-state index contributed by atoms with van der Waals surface area (Å²) in [5.41, 5.74) is 0.480. The number of carbonyl (C=O) groups is 1. The predicted octanol–water partition coefficient (Wildman–Crippen LogP) is 1.21. The monoisotopic (exact) mass is 330 g/mol. The SMILES string of the molecule is CC(=O)NCCNc1cnn(CC(C)C)c(=O)c1Br. The van der Waals surface area contributed by atoms with Crippen LogP contribution in [-0.4, -0.2) is 28.8 Å². The van der Waals surface area contributed by atoms with E-state index in [1.165, 1.54) is 11.6 Å². The molecule has 1 rings (SSSR count). The maximum Gasteiger partial charge on any atom is 0.283 e. The minimum atomic E-state index is -0.154. The zero-order chi connectivity index (χ0) is 14.4. The van der Waals surface area contributed by atoms with Crippen molar-refractivity contribution in [2.75, 3.05) is 18.4 Å². The number of nitrogens with one attached hydrogen (secondary N) is 2. The van der Waals surface area contributed by atoms with Crippen molar-refractivity contribution in [3.63, 3.8) is 0 Å². The lowest BCUT2D eigenvalue weighted by Crippen LogP contribution is -2.29. The third-order valence-corrected chi connectivity index (χ3v) is 3.10. The van der Waals surface area contributed by atoms with Gasteiger partial charge in [0.15, 0.2) is 0 Å². The van der Waals surface area contributed by atoms with E-state index in [0.29, 0.717) is 35.7 Å². The predicted molar refractivity (Wildman–Crippen MR) is 78.2 cm³/mol.